The smallest absolute Gasteiger partial charge is 0.389 e. The molecule has 0 atom stereocenters. The lowest BCUT2D eigenvalue weighted by molar-refractivity contribution is -0.137. The first kappa shape index (κ1) is 14.4. The van der Waals surface area contributed by atoms with Gasteiger partial charge in [-0.25, -0.2) is 0 Å². The van der Waals surface area contributed by atoms with Gasteiger partial charge in [0.1, 0.15) is 0 Å². The molecule has 3 rings (SSSR count). The molecule has 0 unspecified atom stereocenters. The number of fused-ring (bicyclic) bond motifs is 1. The molecule has 0 spiro atoms. The van der Waals surface area contributed by atoms with Crippen molar-refractivity contribution in [2.45, 2.75) is 6.18 Å². The van der Waals surface area contributed by atoms with Crippen LogP contribution in [0, 0.1) is 0 Å². The summed E-state index contributed by atoms with van der Waals surface area (Å²) in [6, 6.07) is 4.30. The molecule has 0 fully saturated rings. The van der Waals surface area contributed by atoms with Crippen molar-refractivity contribution in [3.05, 3.63) is 83.5 Å². The first-order valence-electron chi connectivity index (χ1n) is 6.69. The molecular weight excluding hydrogens is 290 g/mol. The molecule has 2 heterocycles. The Morgan fingerprint density at radius 3 is 2.36 bits per heavy atom. The predicted molar refractivity (Wildman–Crippen MR) is 78.9 cm³/mol. The van der Waals surface area contributed by atoms with Gasteiger partial charge < -0.3 is 4.81 Å². The Hall–Kier alpha value is -2.50. The van der Waals surface area contributed by atoms with Crippen molar-refractivity contribution in [3.8, 4) is 0 Å². The first-order valence-corrected chi connectivity index (χ1v) is 6.69. The third kappa shape index (κ3) is 2.64. The van der Waals surface area contributed by atoms with Gasteiger partial charge in [-0.15, -0.1) is 0 Å². The number of hydrogen-bond donors (Lipinski definition) is 0. The Balaban J connectivity index is 1.88. The van der Waals surface area contributed by atoms with E-state index in [4.69, 9.17) is 0 Å². The Kier molecular flexibility index (Phi) is 3.52. The van der Waals surface area contributed by atoms with Crippen LogP contribution in [0.3, 0.4) is 0 Å². The number of halogens is 3. The number of benzene rings is 1. The highest BCUT2D eigenvalue weighted by atomic mass is 19.4. The summed E-state index contributed by atoms with van der Waals surface area (Å²) >= 11 is 0. The number of alkyl halides is 3. The lowest BCUT2D eigenvalue weighted by atomic mass is 9.50. The van der Waals surface area contributed by atoms with E-state index in [1.54, 1.807) is 12.2 Å². The average Bonchev–Trinajstić information content (AvgIpc) is 2.53. The van der Waals surface area contributed by atoms with Crippen molar-refractivity contribution in [1.82, 2.24) is 4.81 Å². The summed E-state index contributed by atoms with van der Waals surface area (Å²) in [6.07, 6.45) is 6.42. The maximum Gasteiger partial charge on any atom is 0.416 e. The van der Waals surface area contributed by atoms with Gasteiger partial charge >= 0.3 is 13.0 Å². The van der Waals surface area contributed by atoms with E-state index in [0.29, 0.717) is 5.47 Å². The van der Waals surface area contributed by atoms with Crippen LogP contribution in [0.2, 0.25) is 0 Å². The SMILES string of the molecule is O=C(C1=CC=CN2C=CC=CB12)c1ccc(C(F)(F)F)cc1. The highest BCUT2D eigenvalue weighted by Crippen LogP contribution is 2.30. The second kappa shape index (κ2) is 5.37. The summed E-state index contributed by atoms with van der Waals surface area (Å²) in [7, 11) is 0. The molecule has 0 aliphatic carbocycles. The second-order valence-electron chi connectivity index (χ2n) is 4.99. The molecule has 0 N–H and O–H groups in total. The van der Waals surface area contributed by atoms with E-state index in [9.17, 15) is 18.0 Å². The zero-order valence-electron chi connectivity index (χ0n) is 11.4. The molecule has 0 saturated heterocycles. The molecule has 1 aromatic carbocycles. The van der Waals surface area contributed by atoms with E-state index in [-0.39, 0.29) is 18.2 Å². The lowest BCUT2D eigenvalue weighted by Gasteiger charge is -2.28. The molecular formula is C16H11BF3NO. The van der Waals surface area contributed by atoms with E-state index < -0.39 is 11.7 Å². The standard InChI is InChI=1S/C16H11BF3NO/c18-16(19,20)13-7-5-12(6-8-13)15(22)14-4-3-11-21-10-2-1-9-17(14)21/h1-11H. The Bertz CT molecular complexity index is 714. The average molecular weight is 301 g/mol. The van der Waals surface area contributed by atoms with Crippen molar-refractivity contribution >= 4 is 12.6 Å². The van der Waals surface area contributed by atoms with Crippen LogP contribution in [0.4, 0.5) is 13.2 Å². The summed E-state index contributed by atoms with van der Waals surface area (Å²) < 4.78 is 37.7. The molecule has 2 nitrogen and oxygen atoms in total. The first-order chi connectivity index (χ1) is 10.5. The van der Waals surface area contributed by atoms with E-state index >= 15 is 0 Å². The maximum atomic E-state index is 12.6. The zero-order chi connectivity index (χ0) is 15.7. The number of ketones is 1. The summed E-state index contributed by atoms with van der Waals surface area (Å²) in [5.74, 6) is 1.60. The van der Waals surface area contributed by atoms with Crippen LogP contribution in [0.15, 0.2) is 72.4 Å². The molecule has 1 aromatic rings. The number of hydrogen-bond acceptors (Lipinski definition) is 2. The second-order valence-corrected chi connectivity index (χ2v) is 4.99. The van der Waals surface area contributed by atoms with Gasteiger partial charge in [-0.3, -0.25) is 4.79 Å². The highest BCUT2D eigenvalue weighted by Gasteiger charge is 2.32. The molecule has 0 saturated carbocycles. The molecule has 2 aliphatic heterocycles. The normalized spacial score (nSPS) is 16.6. The number of nitrogens with zero attached hydrogens (tertiary/aromatic N) is 1. The minimum absolute atomic E-state index is 0.218. The number of rotatable bonds is 2. The Morgan fingerprint density at radius 1 is 1.00 bits per heavy atom. The third-order valence-electron chi connectivity index (χ3n) is 3.57. The quantitative estimate of drug-likeness (QED) is 0.612. The number of carbonyl (C=O) groups is 1. The van der Waals surface area contributed by atoms with Gasteiger partial charge in [-0.1, -0.05) is 30.3 Å². The van der Waals surface area contributed by atoms with E-state index in [0.717, 1.165) is 12.1 Å². The van der Waals surface area contributed by atoms with Crippen LogP contribution in [-0.2, 0) is 6.18 Å². The van der Waals surface area contributed by atoms with Gasteiger partial charge in [0.05, 0.1) is 5.56 Å². The predicted octanol–water partition coefficient (Wildman–Crippen LogP) is 3.80. The fraction of sp³-hybridized carbons (Fsp3) is 0.0625. The summed E-state index contributed by atoms with van der Waals surface area (Å²) in [5, 5.41) is 0. The molecule has 2 aliphatic rings. The number of carbonyl (C=O) groups excluding carboxylic acids is 1. The van der Waals surface area contributed by atoms with Crippen molar-refractivity contribution in [2.24, 2.45) is 0 Å². The molecule has 22 heavy (non-hydrogen) atoms. The van der Waals surface area contributed by atoms with Crippen molar-refractivity contribution < 1.29 is 18.0 Å². The highest BCUT2D eigenvalue weighted by molar-refractivity contribution is 6.76. The molecule has 0 radical (unpaired) electrons. The van der Waals surface area contributed by atoms with Gasteiger partial charge in [0.25, 0.3) is 0 Å². The fourth-order valence-electron chi connectivity index (χ4n) is 2.45. The molecule has 6 heteroatoms. The molecule has 110 valence electrons. The van der Waals surface area contributed by atoms with Gasteiger partial charge in [0.15, 0.2) is 5.78 Å². The number of allylic oxidation sites excluding steroid dienone is 5. The topological polar surface area (TPSA) is 20.3 Å². The molecule has 0 amide bonds. The number of Topliss-reactive ketones (excluding diaryl/α,β-unsaturated/α-hetero) is 1. The summed E-state index contributed by atoms with van der Waals surface area (Å²) in [4.78, 5) is 14.4. The van der Waals surface area contributed by atoms with Crippen LogP contribution >= 0.6 is 0 Å². The lowest BCUT2D eigenvalue weighted by Crippen LogP contribution is -2.37. The van der Waals surface area contributed by atoms with E-state index in [1.807, 2.05) is 35.3 Å². The Labute approximate surface area is 126 Å². The van der Waals surface area contributed by atoms with Crippen LogP contribution < -0.4 is 0 Å². The monoisotopic (exact) mass is 301 g/mol. The van der Waals surface area contributed by atoms with Crippen LogP contribution in [0.1, 0.15) is 15.9 Å². The Morgan fingerprint density at radius 2 is 1.68 bits per heavy atom. The van der Waals surface area contributed by atoms with Gasteiger partial charge in [-0.05, 0) is 42.2 Å². The van der Waals surface area contributed by atoms with Crippen LogP contribution in [0.25, 0.3) is 0 Å². The maximum absolute atomic E-state index is 12.6. The van der Waals surface area contributed by atoms with Crippen LogP contribution in [0.5, 0.6) is 0 Å². The molecule has 0 bridgehead atoms. The van der Waals surface area contributed by atoms with E-state index in [1.165, 1.54) is 12.1 Å². The van der Waals surface area contributed by atoms with Crippen LogP contribution in [-0.4, -0.2) is 17.4 Å². The van der Waals surface area contributed by atoms with Crippen molar-refractivity contribution in [1.29, 1.82) is 0 Å². The van der Waals surface area contributed by atoms with Crippen molar-refractivity contribution in [2.75, 3.05) is 0 Å². The summed E-state index contributed by atoms with van der Waals surface area (Å²) in [5.41, 5.74) is 0.0176. The van der Waals surface area contributed by atoms with Gasteiger partial charge in [0, 0.05) is 5.56 Å². The van der Waals surface area contributed by atoms with Gasteiger partial charge in [-0.2, -0.15) is 13.2 Å². The third-order valence-corrected chi connectivity index (χ3v) is 3.57. The van der Waals surface area contributed by atoms with Gasteiger partial charge in [0.2, 0.25) is 0 Å². The minimum Gasteiger partial charge on any atom is -0.389 e. The van der Waals surface area contributed by atoms with E-state index in [2.05, 4.69) is 0 Å². The minimum atomic E-state index is -4.40. The zero-order valence-corrected chi connectivity index (χ0v) is 11.4. The fourth-order valence-corrected chi connectivity index (χ4v) is 2.45. The van der Waals surface area contributed by atoms with Crippen molar-refractivity contribution in [3.63, 3.8) is 0 Å². The molecule has 0 aromatic heterocycles. The largest absolute Gasteiger partial charge is 0.416 e. The summed E-state index contributed by atoms with van der Waals surface area (Å²) in [6.45, 7) is -0.218.